The average Bonchev–Trinajstić information content (AvgIpc) is 3.70. The number of carbonyl (C=O) groups is 3. The van der Waals surface area contributed by atoms with Gasteiger partial charge in [0.2, 0.25) is 11.9 Å². The number of aromatic nitrogens is 4. The maximum atomic E-state index is 12.7. The molecule has 2 aromatic heterocycles. The number of nitrogens with one attached hydrogen (secondary N) is 2. The van der Waals surface area contributed by atoms with E-state index in [-0.39, 0.29) is 84.4 Å². The Balaban J connectivity index is 1.10. The summed E-state index contributed by atoms with van der Waals surface area (Å²) in [5, 5.41) is 13.6. The van der Waals surface area contributed by atoms with E-state index < -0.39 is 30.1 Å². The van der Waals surface area contributed by atoms with Gasteiger partial charge in [-0.2, -0.15) is 4.98 Å². The summed E-state index contributed by atoms with van der Waals surface area (Å²) >= 11 is 0. The van der Waals surface area contributed by atoms with Gasteiger partial charge in [-0.15, -0.1) is 0 Å². The predicted octanol–water partition coefficient (Wildman–Crippen LogP) is 3.63. The topological polar surface area (TPSA) is 212 Å². The number of fused-ring (bicyclic) bond motifs is 1. The van der Waals surface area contributed by atoms with Gasteiger partial charge in [0.15, 0.2) is 23.7 Å². The van der Waals surface area contributed by atoms with Crippen LogP contribution < -0.4 is 10.9 Å². The Kier molecular flexibility index (Phi) is 17.0. The van der Waals surface area contributed by atoms with Gasteiger partial charge in [0.1, 0.15) is 30.9 Å². The van der Waals surface area contributed by atoms with Gasteiger partial charge in [0.05, 0.1) is 31.7 Å². The first-order valence-corrected chi connectivity index (χ1v) is 19.2. The van der Waals surface area contributed by atoms with Crippen molar-refractivity contribution in [2.45, 2.75) is 136 Å². The summed E-state index contributed by atoms with van der Waals surface area (Å²) in [6.07, 6.45) is 1.47. The van der Waals surface area contributed by atoms with Gasteiger partial charge in [0, 0.05) is 50.7 Å². The van der Waals surface area contributed by atoms with Crippen molar-refractivity contribution in [1.82, 2.24) is 19.5 Å². The molecule has 3 N–H and O–H groups in total. The molecule has 2 aromatic rings. The minimum Gasteiger partial charge on any atom is -0.459 e. The van der Waals surface area contributed by atoms with E-state index >= 15 is 0 Å². The van der Waals surface area contributed by atoms with Crippen LogP contribution in [0.2, 0.25) is 0 Å². The number of ketones is 1. The molecule has 4 heterocycles. The Morgan fingerprint density at radius 1 is 0.944 bits per heavy atom. The molecule has 0 bridgehead atoms. The van der Waals surface area contributed by atoms with E-state index in [2.05, 4.69) is 27.2 Å². The molecule has 0 spiro atoms. The normalized spacial score (nSPS) is 27.1. The molecule has 2 aliphatic rings. The quantitative estimate of drug-likeness (QED) is 0.0888. The summed E-state index contributed by atoms with van der Waals surface area (Å²) in [5.74, 6) is -0.626. The van der Waals surface area contributed by atoms with E-state index in [1.165, 1.54) is 17.8 Å². The molecule has 2 aliphatic heterocycles. The van der Waals surface area contributed by atoms with Crippen molar-refractivity contribution in [2.75, 3.05) is 38.5 Å². The van der Waals surface area contributed by atoms with Crippen LogP contribution in [0.5, 0.6) is 0 Å². The number of aliphatic hydroxyl groups is 1. The summed E-state index contributed by atoms with van der Waals surface area (Å²) in [6, 6.07) is 0. The van der Waals surface area contributed by atoms with E-state index in [0.29, 0.717) is 45.5 Å². The van der Waals surface area contributed by atoms with Crippen LogP contribution in [-0.2, 0) is 47.5 Å². The highest BCUT2D eigenvalue weighted by Gasteiger charge is 2.46. The lowest BCUT2D eigenvalue weighted by atomic mass is 9.84. The van der Waals surface area contributed by atoms with Crippen LogP contribution >= 0.6 is 0 Å². The third kappa shape index (κ3) is 11.6. The minimum atomic E-state index is -0.987. The maximum absolute atomic E-state index is 12.7. The smallest absolute Gasteiger partial charge is 0.303 e. The van der Waals surface area contributed by atoms with Crippen LogP contribution in [0.3, 0.4) is 0 Å². The number of imidazole rings is 1. The molecular formula is C37H59N5O12. The first-order chi connectivity index (χ1) is 25.9. The SMILES string of the molecule is CCC1OC(OCCCCC(=O)CCCOCCOCO[C@H]2C(O)[C@@H](CC)O[C@H]2n2cnc3c(=O)[nH]c(NC(=O)C(C)C)nc32)C(C)C(C)C1OC(C)=O. The Hall–Kier alpha value is -3.32. The number of hydrogen-bond donors (Lipinski definition) is 3. The van der Waals surface area contributed by atoms with Crippen molar-refractivity contribution >= 4 is 34.8 Å². The zero-order valence-electron chi connectivity index (χ0n) is 32.6. The standard InChI is InChI=1S/C37H59N5O12/c1-8-26-29(45)31(35(53-26)42-19-38-28-32(42)39-37(41-34(28)47)40-33(46)21(3)4)51-20-49-18-17-48-15-12-14-25(44)13-10-11-16-50-36-23(6)22(5)30(52-24(7)43)27(9-2)54-36/h19,21-23,26-27,29-31,35-36,45H,8-18,20H2,1-7H3,(H2,39,40,41,46,47)/t22?,23?,26-,27?,29?,30?,31+,35-,36?/m1/s1. The van der Waals surface area contributed by atoms with E-state index in [9.17, 15) is 24.3 Å². The second kappa shape index (κ2) is 21.1. The molecule has 54 heavy (non-hydrogen) atoms. The van der Waals surface area contributed by atoms with Gasteiger partial charge >= 0.3 is 5.97 Å². The van der Waals surface area contributed by atoms with Crippen molar-refractivity contribution in [2.24, 2.45) is 17.8 Å². The van der Waals surface area contributed by atoms with Gasteiger partial charge < -0.3 is 38.3 Å². The molecule has 17 heteroatoms. The van der Waals surface area contributed by atoms with Gasteiger partial charge in [-0.1, -0.05) is 41.5 Å². The molecule has 0 radical (unpaired) electrons. The fourth-order valence-corrected chi connectivity index (χ4v) is 6.57. The lowest BCUT2D eigenvalue weighted by Crippen LogP contribution is -2.51. The largest absolute Gasteiger partial charge is 0.459 e. The molecule has 4 rings (SSSR count). The van der Waals surface area contributed by atoms with Gasteiger partial charge in [-0.25, -0.2) is 4.98 Å². The van der Waals surface area contributed by atoms with Crippen LogP contribution in [0.15, 0.2) is 11.1 Å². The summed E-state index contributed by atoms with van der Waals surface area (Å²) in [6.45, 7) is 14.1. The number of H-pyrrole nitrogens is 1. The number of Topliss-reactive ketones (excluding diaryl/α,β-unsaturated/α-hetero) is 1. The Morgan fingerprint density at radius 3 is 2.37 bits per heavy atom. The third-order valence-corrected chi connectivity index (χ3v) is 9.94. The number of ether oxygens (including phenoxy) is 7. The first kappa shape index (κ1) is 43.4. The molecule has 6 unspecified atom stereocenters. The Labute approximate surface area is 316 Å². The summed E-state index contributed by atoms with van der Waals surface area (Å²) in [5.41, 5.74) is -0.319. The van der Waals surface area contributed by atoms with Gasteiger partial charge in [0.25, 0.3) is 5.56 Å². The molecule has 304 valence electrons. The number of anilines is 1. The highest BCUT2D eigenvalue weighted by Crippen LogP contribution is 2.36. The van der Waals surface area contributed by atoms with Crippen LogP contribution in [0.25, 0.3) is 11.2 Å². The highest BCUT2D eigenvalue weighted by atomic mass is 16.7. The van der Waals surface area contributed by atoms with Crippen LogP contribution in [-0.4, -0.2) is 112 Å². The number of aromatic amines is 1. The average molecular weight is 766 g/mol. The van der Waals surface area contributed by atoms with Crippen molar-refractivity contribution in [3.63, 3.8) is 0 Å². The van der Waals surface area contributed by atoms with Crippen LogP contribution in [0.4, 0.5) is 5.95 Å². The molecule has 17 nitrogen and oxygen atoms in total. The van der Waals surface area contributed by atoms with Crippen LogP contribution in [0.1, 0.15) is 99.6 Å². The van der Waals surface area contributed by atoms with E-state index in [4.69, 9.17) is 33.2 Å². The zero-order chi connectivity index (χ0) is 39.4. The van der Waals surface area contributed by atoms with Crippen molar-refractivity contribution in [1.29, 1.82) is 0 Å². The highest BCUT2D eigenvalue weighted by molar-refractivity contribution is 5.91. The lowest BCUT2D eigenvalue weighted by Gasteiger charge is -2.43. The van der Waals surface area contributed by atoms with Crippen LogP contribution in [0, 0.1) is 17.8 Å². The summed E-state index contributed by atoms with van der Waals surface area (Å²) in [7, 11) is 0. The number of amides is 1. The number of carbonyl (C=O) groups excluding carboxylic acids is 3. The third-order valence-electron chi connectivity index (χ3n) is 9.94. The van der Waals surface area contributed by atoms with E-state index in [0.717, 1.165) is 19.3 Å². The molecular weight excluding hydrogens is 706 g/mol. The second-order valence-electron chi connectivity index (χ2n) is 14.3. The monoisotopic (exact) mass is 765 g/mol. The number of unbranched alkanes of at least 4 members (excludes halogenated alkanes) is 1. The molecule has 9 atom stereocenters. The maximum Gasteiger partial charge on any atom is 0.303 e. The predicted molar refractivity (Wildman–Crippen MR) is 195 cm³/mol. The summed E-state index contributed by atoms with van der Waals surface area (Å²) < 4.78 is 42.4. The molecule has 0 aromatic carbocycles. The number of hydrogen-bond acceptors (Lipinski definition) is 14. The Morgan fingerprint density at radius 2 is 1.67 bits per heavy atom. The minimum absolute atomic E-state index is 0.0242. The molecule has 1 amide bonds. The second-order valence-corrected chi connectivity index (χ2v) is 14.3. The van der Waals surface area contributed by atoms with Gasteiger partial charge in [-0.05, 0) is 32.1 Å². The molecule has 2 fully saturated rings. The van der Waals surface area contributed by atoms with Gasteiger partial charge in [-0.3, -0.25) is 34.0 Å². The number of esters is 1. The number of aliphatic hydroxyl groups excluding tert-OH is 1. The zero-order valence-corrected chi connectivity index (χ0v) is 32.6. The summed E-state index contributed by atoms with van der Waals surface area (Å²) in [4.78, 5) is 59.9. The molecule has 2 saturated heterocycles. The first-order valence-electron chi connectivity index (χ1n) is 19.2. The molecule has 0 saturated carbocycles. The van der Waals surface area contributed by atoms with Crippen molar-refractivity contribution < 1.29 is 52.6 Å². The van der Waals surface area contributed by atoms with E-state index in [1.54, 1.807) is 13.8 Å². The van der Waals surface area contributed by atoms with E-state index in [1.807, 2.05) is 20.8 Å². The van der Waals surface area contributed by atoms with Crippen molar-refractivity contribution in [3.05, 3.63) is 16.7 Å². The Bertz CT molecular complexity index is 1560. The lowest BCUT2D eigenvalue weighted by molar-refractivity contribution is -0.267. The number of rotatable bonds is 22. The fraction of sp³-hybridized carbons (Fsp3) is 0.784. The van der Waals surface area contributed by atoms with Crippen molar-refractivity contribution in [3.8, 4) is 0 Å². The fourth-order valence-electron chi connectivity index (χ4n) is 6.57. The molecule has 0 aliphatic carbocycles. The number of nitrogens with zero attached hydrogens (tertiary/aromatic N) is 3.